The third-order valence-corrected chi connectivity index (χ3v) is 3.79. The zero-order chi connectivity index (χ0) is 16.5. The molecule has 0 amide bonds. The zero-order valence-corrected chi connectivity index (χ0v) is 13.0. The van der Waals surface area contributed by atoms with Crippen molar-refractivity contribution in [2.45, 2.75) is 13.3 Å². The average molecular weight is 318 g/mol. The molecule has 0 saturated heterocycles. The van der Waals surface area contributed by atoms with Crippen LogP contribution in [0, 0.1) is 6.92 Å². The minimum Gasteiger partial charge on any atom is -0.407 e. The molecule has 6 heteroatoms. The molecule has 0 N–H and O–H groups in total. The lowest BCUT2D eigenvalue weighted by Crippen LogP contribution is -2.22. The summed E-state index contributed by atoms with van der Waals surface area (Å²) in [6.07, 6.45) is 0.517. The van der Waals surface area contributed by atoms with Gasteiger partial charge < -0.3 is 4.42 Å². The fourth-order valence-corrected chi connectivity index (χ4v) is 2.65. The Morgan fingerprint density at radius 3 is 2.58 bits per heavy atom. The molecule has 0 bridgehead atoms. The molecule has 0 unspecified atom stereocenters. The lowest BCUT2D eigenvalue weighted by Gasteiger charge is -2.05. The molecule has 2 heterocycles. The van der Waals surface area contributed by atoms with Crippen LogP contribution < -0.4 is 5.56 Å². The smallest absolute Gasteiger partial charge is 0.331 e. The normalized spacial score (nSPS) is 11.0. The molecule has 4 rings (SSSR count). The van der Waals surface area contributed by atoms with Gasteiger partial charge in [0.05, 0.1) is 17.3 Å². The van der Waals surface area contributed by atoms with Crippen LogP contribution in [0.15, 0.2) is 63.8 Å². The Bertz CT molecular complexity index is 1070. The van der Waals surface area contributed by atoms with Crippen molar-refractivity contribution in [2.24, 2.45) is 0 Å². The van der Waals surface area contributed by atoms with Crippen LogP contribution in [-0.2, 0) is 6.42 Å². The largest absolute Gasteiger partial charge is 0.407 e. The number of para-hydroxylation sites is 1. The van der Waals surface area contributed by atoms with Crippen LogP contribution in [0.25, 0.3) is 16.9 Å². The van der Waals surface area contributed by atoms with Crippen molar-refractivity contribution in [3.05, 3.63) is 82.2 Å². The van der Waals surface area contributed by atoms with Gasteiger partial charge in [-0.15, -0.1) is 5.10 Å². The third-order valence-electron chi connectivity index (χ3n) is 3.79. The van der Waals surface area contributed by atoms with E-state index in [0.717, 1.165) is 5.56 Å². The Morgan fingerprint density at radius 2 is 1.75 bits per heavy atom. The first-order valence-corrected chi connectivity index (χ1v) is 7.57. The summed E-state index contributed by atoms with van der Waals surface area (Å²) in [5.74, 6) is 0.962. The van der Waals surface area contributed by atoms with Gasteiger partial charge in [-0.05, 0) is 24.6 Å². The average Bonchev–Trinajstić information content (AvgIpc) is 3.04. The van der Waals surface area contributed by atoms with Crippen molar-refractivity contribution < 1.29 is 4.42 Å². The molecule has 0 spiro atoms. The van der Waals surface area contributed by atoms with E-state index in [1.54, 1.807) is 19.1 Å². The summed E-state index contributed by atoms with van der Waals surface area (Å²) < 4.78 is 7.04. The monoisotopic (exact) mass is 318 g/mol. The van der Waals surface area contributed by atoms with E-state index in [-0.39, 0.29) is 11.6 Å². The maximum atomic E-state index is 12.7. The van der Waals surface area contributed by atoms with E-state index < -0.39 is 0 Å². The third kappa shape index (κ3) is 2.48. The molecule has 0 saturated carbocycles. The van der Waals surface area contributed by atoms with Crippen LogP contribution in [0.5, 0.6) is 0 Å². The number of hydrogen-bond acceptors (Lipinski definition) is 5. The molecule has 0 fully saturated rings. The van der Waals surface area contributed by atoms with E-state index >= 15 is 0 Å². The standard InChI is InChI=1S/C18H14N4O2/c1-12-19-15-10-6-5-9-14(15)17(23)22(12)18-21-20-16(24-18)11-13-7-3-2-4-8-13/h2-10H,11H2,1H3. The molecule has 6 nitrogen and oxygen atoms in total. The molecule has 24 heavy (non-hydrogen) atoms. The summed E-state index contributed by atoms with van der Waals surface area (Å²) >= 11 is 0. The van der Waals surface area contributed by atoms with Gasteiger partial charge in [-0.3, -0.25) is 4.79 Å². The summed E-state index contributed by atoms with van der Waals surface area (Å²) in [5.41, 5.74) is 1.50. The van der Waals surface area contributed by atoms with Gasteiger partial charge in [0.25, 0.3) is 5.56 Å². The highest BCUT2D eigenvalue weighted by molar-refractivity contribution is 5.77. The highest BCUT2D eigenvalue weighted by atomic mass is 16.4. The Balaban J connectivity index is 1.77. The first kappa shape index (κ1) is 14.3. The molecule has 2 aromatic heterocycles. The van der Waals surface area contributed by atoms with Crippen molar-refractivity contribution in [3.63, 3.8) is 0 Å². The van der Waals surface area contributed by atoms with E-state index in [0.29, 0.717) is 29.0 Å². The van der Waals surface area contributed by atoms with Crippen molar-refractivity contribution in [2.75, 3.05) is 0 Å². The van der Waals surface area contributed by atoms with E-state index in [1.165, 1.54) is 4.57 Å². The van der Waals surface area contributed by atoms with E-state index in [9.17, 15) is 4.79 Å². The highest BCUT2D eigenvalue weighted by Gasteiger charge is 2.15. The fraction of sp³-hybridized carbons (Fsp3) is 0.111. The Morgan fingerprint density at radius 1 is 1.00 bits per heavy atom. The highest BCUT2D eigenvalue weighted by Crippen LogP contribution is 2.13. The van der Waals surface area contributed by atoms with Gasteiger partial charge in [0.1, 0.15) is 5.82 Å². The lowest BCUT2D eigenvalue weighted by atomic mass is 10.2. The Hall–Kier alpha value is -3.28. The molecule has 0 radical (unpaired) electrons. The summed E-state index contributed by atoms with van der Waals surface area (Å²) in [7, 11) is 0. The topological polar surface area (TPSA) is 73.8 Å². The first-order valence-electron chi connectivity index (χ1n) is 7.57. The van der Waals surface area contributed by atoms with Crippen LogP contribution in [0.2, 0.25) is 0 Å². The molecule has 0 aliphatic carbocycles. The molecular weight excluding hydrogens is 304 g/mol. The van der Waals surface area contributed by atoms with Gasteiger partial charge in [-0.2, -0.15) is 0 Å². The van der Waals surface area contributed by atoms with Crippen molar-refractivity contribution >= 4 is 10.9 Å². The number of benzene rings is 2. The second-order valence-corrected chi connectivity index (χ2v) is 5.46. The number of fused-ring (bicyclic) bond motifs is 1. The summed E-state index contributed by atoms with van der Waals surface area (Å²) in [4.78, 5) is 17.2. The van der Waals surface area contributed by atoms with Crippen LogP contribution in [-0.4, -0.2) is 19.7 Å². The molecule has 0 atom stereocenters. The summed E-state index contributed by atoms with van der Waals surface area (Å²) in [6, 6.07) is 17.2. The zero-order valence-electron chi connectivity index (χ0n) is 13.0. The minimum absolute atomic E-state index is 0.140. The second-order valence-electron chi connectivity index (χ2n) is 5.46. The van der Waals surface area contributed by atoms with Crippen molar-refractivity contribution in [3.8, 4) is 6.01 Å². The maximum Gasteiger partial charge on any atom is 0.331 e. The van der Waals surface area contributed by atoms with Gasteiger partial charge in [-0.25, -0.2) is 9.55 Å². The van der Waals surface area contributed by atoms with Crippen LogP contribution in [0.1, 0.15) is 17.3 Å². The van der Waals surface area contributed by atoms with Crippen LogP contribution in [0.4, 0.5) is 0 Å². The fourth-order valence-electron chi connectivity index (χ4n) is 2.65. The van der Waals surface area contributed by atoms with Gasteiger partial charge in [0.15, 0.2) is 0 Å². The molecule has 0 aliphatic rings. The number of hydrogen-bond donors (Lipinski definition) is 0. The van der Waals surface area contributed by atoms with Crippen LogP contribution >= 0.6 is 0 Å². The maximum absolute atomic E-state index is 12.7. The van der Waals surface area contributed by atoms with Crippen molar-refractivity contribution in [1.29, 1.82) is 0 Å². The first-order chi connectivity index (χ1) is 11.7. The number of aromatic nitrogens is 4. The predicted molar refractivity (Wildman–Crippen MR) is 89.2 cm³/mol. The minimum atomic E-state index is -0.215. The number of rotatable bonds is 3. The molecule has 118 valence electrons. The van der Waals surface area contributed by atoms with Gasteiger partial charge in [0.2, 0.25) is 5.89 Å². The van der Waals surface area contributed by atoms with Gasteiger partial charge >= 0.3 is 6.01 Å². The quantitative estimate of drug-likeness (QED) is 0.580. The van der Waals surface area contributed by atoms with Gasteiger partial charge in [-0.1, -0.05) is 47.6 Å². The molecule has 4 aromatic rings. The van der Waals surface area contributed by atoms with Crippen LogP contribution in [0.3, 0.4) is 0 Å². The summed E-state index contributed by atoms with van der Waals surface area (Å²) in [5, 5.41) is 8.58. The molecule has 2 aromatic carbocycles. The predicted octanol–water partition coefficient (Wildman–Crippen LogP) is 2.67. The summed E-state index contributed by atoms with van der Waals surface area (Å²) in [6.45, 7) is 1.74. The van der Waals surface area contributed by atoms with Crippen molar-refractivity contribution in [1.82, 2.24) is 19.7 Å². The number of aryl methyl sites for hydroxylation is 1. The lowest BCUT2D eigenvalue weighted by molar-refractivity contribution is 0.477. The molecular formula is C18H14N4O2. The Kier molecular flexibility index (Phi) is 3.42. The second kappa shape index (κ2) is 5.73. The SMILES string of the molecule is Cc1nc2ccccc2c(=O)n1-c1nnc(Cc2ccccc2)o1. The Labute approximate surface area is 137 Å². The van der Waals surface area contributed by atoms with E-state index in [1.807, 2.05) is 42.5 Å². The van der Waals surface area contributed by atoms with E-state index in [2.05, 4.69) is 15.2 Å². The molecule has 0 aliphatic heterocycles. The van der Waals surface area contributed by atoms with E-state index in [4.69, 9.17) is 4.42 Å². The van der Waals surface area contributed by atoms with Gasteiger partial charge in [0, 0.05) is 0 Å². The number of nitrogens with zero attached hydrogens (tertiary/aromatic N) is 4.